The van der Waals surface area contributed by atoms with Crippen LogP contribution in [-0.2, 0) is 14.4 Å². The van der Waals surface area contributed by atoms with E-state index in [0.717, 1.165) is 27.5 Å². The summed E-state index contributed by atoms with van der Waals surface area (Å²) in [5.41, 5.74) is 3.31. The standard InChI is InChI=1S/C34H29N3O5S2/c1-17-11-13-18(14-12-17)35-24(38)16-42-23-10-6-5-9-20(23)25-26-21-15-22(29(26)43-31-30(25)44-34(41)36-31)28-27(21)32(39)37(33(28)40)19-7-3-2-4-8-19/h2-14,21-22,25-29H,15-16H2,1H3,(H,35,38)(H,36,41)/t21-,22-,25+,26-,27+,28+,29-/m1/s1. The van der Waals surface area contributed by atoms with E-state index in [4.69, 9.17) is 4.74 Å². The van der Waals surface area contributed by atoms with Gasteiger partial charge in [-0.1, -0.05) is 65.4 Å². The number of H-pyrrole nitrogens is 1. The normalized spacial score (nSPS) is 28.0. The number of aromatic amines is 1. The van der Waals surface area contributed by atoms with Gasteiger partial charge in [0.1, 0.15) is 5.75 Å². The van der Waals surface area contributed by atoms with Gasteiger partial charge >= 0.3 is 4.87 Å². The molecule has 8 nitrogen and oxygen atoms in total. The van der Waals surface area contributed by atoms with Gasteiger partial charge in [0, 0.05) is 27.3 Å². The van der Waals surface area contributed by atoms with E-state index in [9.17, 15) is 19.2 Å². The van der Waals surface area contributed by atoms with Crippen LogP contribution >= 0.6 is 23.1 Å². The van der Waals surface area contributed by atoms with Gasteiger partial charge in [0.15, 0.2) is 6.61 Å². The molecule has 7 atom stereocenters. The Labute approximate surface area is 261 Å². The molecule has 10 heteroatoms. The summed E-state index contributed by atoms with van der Waals surface area (Å²) in [5.74, 6) is -0.829. The number of aromatic nitrogens is 1. The number of aryl methyl sites for hydroxylation is 1. The highest BCUT2D eigenvalue weighted by Crippen LogP contribution is 2.69. The predicted octanol–water partition coefficient (Wildman–Crippen LogP) is 5.44. The van der Waals surface area contributed by atoms with E-state index in [2.05, 4.69) is 10.3 Å². The van der Waals surface area contributed by atoms with Crippen LogP contribution in [0.1, 0.15) is 28.3 Å². The van der Waals surface area contributed by atoms with Crippen molar-refractivity contribution in [3.8, 4) is 5.75 Å². The minimum absolute atomic E-state index is 0.0130. The summed E-state index contributed by atoms with van der Waals surface area (Å²) in [5, 5.41) is 3.78. The number of carbonyl (C=O) groups is 3. The Balaban J connectivity index is 1.12. The Hall–Kier alpha value is -4.15. The number of ether oxygens (including phenoxy) is 1. The fourth-order valence-corrected chi connectivity index (χ4v) is 10.9. The highest BCUT2D eigenvalue weighted by molar-refractivity contribution is 8.00. The highest BCUT2D eigenvalue weighted by Gasteiger charge is 2.69. The van der Waals surface area contributed by atoms with Crippen LogP contribution in [0, 0.1) is 36.5 Å². The van der Waals surface area contributed by atoms with Crippen molar-refractivity contribution < 1.29 is 19.1 Å². The molecule has 8 rings (SSSR count). The molecule has 3 amide bonds. The van der Waals surface area contributed by atoms with Crippen molar-refractivity contribution in [2.45, 2.75) is 29.5 Å². The van der Waals surface area contributed by atoms with Crippen LogP contribution < -0.4 is 19.8 Å². The number of fused-ring (bicyclic) bond motifs is 9. The van der Waals surface area contributed by atoms with Crippen molar-refractivity contribution in [3.05, 3.63) is 105 Å². The molecule has 222 valence electrons. The first-order valence-electron chi connectivity index (χ1n) is 14.8. The van der Waals surface area contributed by atoms with Gasteiger partial charge in [-0.25, -0.2) is 0 Å². The van der Waals surface area contributed by atoms with Crippen molar-refractivity contribution in [2.75, 3.05) is 16.8 Å². The lowest BCUT2D eigenvalue weighted by Crippen LogP contribution is -2.42. The Morgan fingerprint density at radius 1 is 0.932 bits per heavy atom. The van der Waals surface area contributed by atoms with Crippen LogP contribution in [0.25, 0.3) is 0 Å². The largest absolute Gasteiger partial charge is 0.483 e. The molecule has 3 fully saturated rings. The first-order valence-corrected chi connectivity index (χ1v) is 16.5. The molecule has 2 bridgehead atoms. The number of para-hydroxylation sites is 2. The zero-order valence-corrected chi connectivity index (χ0v) is 25.4. The molecule has 1 saturated heterocycles. The summed E-state index contributed by atoms with van der Waals surface area (Å²) < 4.78 is 6.17. The monoisotopic (exact) mass is 623 g/mol. The van der Waals surface area contributed by atoms with Crippen LogP contribution in [0.5, 0.6) is 5.75 Å². The third-order valence-electron chi connectivity index (χ3n) is 9.69. The summed E-state index contributed by atoms with van der Waals surface area (Å²) in [7, 11) is 0. The Morgan fingerprint density at radius 3 is 2.41 bits per heavy atom. The maximum Gasteiger partial charge on any atom is 0.305 e. The lowest BCUT2D eigenvalue weighted by atomic mass is 9.68. The van der Waals surface area contributed by atoms with Crippen LogP contribution in [0.3, 0.4) is 0 Å². The number of hydrogen-bond donors (Lipinski definition) is 2. The maximum absolute atomic E-state index is 13.9. The number of thiazole rings is 1. The van der Waals surface area contributed by atoms with Gasteiger partial charge in [-0.05, 0) is 61.4 Å². The SMILES string of the molecule is Cc1ccc(NC(=O)COc2ccccc2[C@@H]2c3sc(=O)[nH]c3S[C@@H]3[C@@H]4C[C@@H]([C@@H]5C(=O)N(c6ccccc6)C(=O)[C@@H]45)[C@H]23)cc1. The second-order valence-electron chi connectivity index (χ2n) is 12.0. The molecule has 0 spiro atoms. The third kappa shape index (κ3) is 4.26. The van der Waals surface area contributed by atoms with E-state index < -0.39 is 0 Å². The molecule has 4 aliphatic rings. The molecule has 3 aromatic carbocycles. The average Bonchev–Trinajstić information content (AvgIpc) is 3.76. The van der Waals surface area contributed by atoms with Gasteiger partial charge in [-0.3, -0.25) is 24.1 Å². The number of thioether (sulfide) groups is 1. The fraction of sp³-hybridized carbons (Fsp3) is 0.294. The van der Waals surface area contributed by atoms with Crippen molar-refractivity contribution in [1.29, 1.82) is 0 Å². The Morgan fingerprint density at radius 2 is 1.64 bits per heavy atom. The van der Waals surface area contributed by atoms with E-state index in [0.29, 0.717) is 17.1 Å². The number of anilines is 2. The van der Waals surface area contributed by atoms with Gasteiger partial charge in [0.2, 0.25) is 11.8 Å². The maximum atomic E-state index is 13.9. The lowest BCUT2D eigenvalue weighted by Gasteiger charge is -2.43. The van der Waals surface area contributed by atoms with E-state index in [1.807, 2.05) is 85.8 Å². The zero-order valence-electron chi connectivity index (χ0n) is 23.8. The lowest BCUT2D eigenvalue weighted by molar-refractivity contribution is -0.123. The molecule has 3 heterocycles. The number of amides is 3. The van der Waals surface area contributed by atoms with Crippen LogP contribution in [0.4, 0.5) is 11.4 Å². The minimum atomic E-state index is -0.386. The molecular weight excluding hydrogens is 595 g/mol. The Bertz CT molecular complexity index is 1850. The van der Waals surface area contributed by atoms with E-state index in [1.165, 1.54) is 16.2 Å². The first kappa shape index (κ1) is 27.4. The molecule has 44 heavy (non-hydrogen) atoms. The van der Waals surface area contributed by atoms with Crippen molar-refractivity contribution in [2.24, 2.45) is 29.6 Å². The number of rotatable bonds is 6. The van der Waals surface area contributed by atoms with Crippen LogP contribution in [0.2, 0.25) is 0 Å². The van der Waals surface area contributed by atoms with Gasteiger partial charge in [-0.15, -0.1) is 11.8 Å². The molecule has 2 aliphatic heterocycles. The second-order valence-corrected chi connectivity index (χ2v) is 14.3. The van der Waals surface area contributed by atoms with Gasteiger partial charge in [0.25, 0.3) is 5.91 Å². The highest BCUT2D eigenvalue weighted by atomic mass is 32.2. The predicted molar refractivity (Wildman–Crippen MR) is 169 cm³/mol. The first-order chi connectivity index (χ1) is 21.4. The minimum Gasteiger partial charge on any atom is -0.483 e. The number of benzene rings is 3. The quantitative estimate of drug-likeness (QED) is 0.277. The molecule has 4 aromatic rings. The molecule has 2 saturated carbocycles. The van der Waals surface area contributed by atoms with Crippen LogP contribution in [0.15, 0.2) is 88.7 Å². The second kappa shape index (κ2) is 10.5. The zero-order chi connectivity index (χ0) is 30.1. The number of nitrogens with one attached hydrogen (secondary N) is 2. The Kier molecular flexibility index (Phi) is 6.53. The third-order valence-corrected chi connectivity index (χ3v) is 12.3. The molecule has 1 aromatic heterocycles. The van der Waals surface area contributed by atoms with Gasteiger partial charge < -0.3 is 15.0 Å². The summed E-state index contributed by atoms with van der Waals surface area (Å²) >= 11 is 2.85. The average molecular weight is 624 g/mol. The molecule has 2 aliphatic carbocycles. The van der Waals surface area contributed by atoms with E-state index in [1.54, 1.807) is 11.8 Å². The van der Waals surface area contributed by atoms with E-state index in [-0.39, 0.29) is 70.0 Å². The van der Waals surface area contributed by atoms with Crippen molar-refractivity contribution >= 4 is 52.2 Å². The number of carbonyl (C=O) groups excluding carboxylic acids is 3. The summed E-state index contributed by atoms with van der Waals surface area (Å²) in [6.45, 7) is 1.81. The molecule has 0 radical (unpaired) electrons. The van der Waals surface area contributed by atoms with Crippen LogP contribution in [-0.4, -0.2) is 34.6 Å². The number of nitrogens with zero attached hydrogens (tertiary/aromatic N) is 1. The number of imide groups is 1. The molecule has 2 N–H and O–H groups in total. The van der Waals surface area contributed by atoms with E-state index >= 15 is 0 Å². The summed E-state index contributed by atoms with van der Waals surface area (Å²) in [4.78, 5) is 58.5. The number of hydrogen-bond acceptors (Lipinski definition) is 7. The smallest absolute Gasteiger partial charge is 0.305 e. The molecular formula is C34H29N3O5S2. The summed E-state index contributed by atoms with van der Waals surface area (Å²) in [6, 6.07) is 24.4. The van der Waals surface area contributed by atoms with Gasteiger partial charge in [0.05, 0.1) is 22.5 Å². The van der Waals surface area contributed by atoms with Gasteiger partial charge in [-0.2, -0.15) is 0 Å². The molecule has 0 unspecified atom stereocenters. The van der Waals surface area contributed by atoms with Crippen molar-refractivity contribution in [3.63, 3.8) is 0 Å². The summed E-state index contributed by atoms with van der Waals surface area (Å²) in [6.07, 6.45) is 0.801. The van der Waals surface area contributed by atoms with Crippen molar-refractivity contribution in [1.82, 2.24) is 4.98 Å². The topological polar surface area (TPSA) is 109 Å². The fourth-order valence-electron chi connectivity index (χ4n) is 8.04.